The molecule has 0 spiro atoms. The molecule has 8 nitrogen and oxygen atoms in total. The number of nitrogens with one attached hydrogen (secondary N) is 2. The van der Waals surface area contributed by atoms with Crippen molar-refractivity contribution in [2.45, 2.75) is 0 Å². The van der Waals surface area contributed by atoms with E-state index < -0.39 is 10.0 Å². The number of fused-ring (bicyclic) bond motifs is 2. The molecule has 4 rings (SSSR count). The molecule has 30 heavy (non-hydrogen) atoms. The van der Waals surface area contributed by atoms with Gasteiger partial charge in [0.2, 0.25) is 10.0 Å². The van der Waals surface area contributed by atoms with E-state index in [-0.39, 0.29) is 5.43 Å². The van der Waals surface area contributed by atoms with Gasteiger partial charge in [-0.2, -0.15) is 0 Å². The van der Waals surface area contributed by atoms with E-state index in [4.69, 9.17) is 4.74 Å². The smallest absolute Gasteiger partial charge is 0.229 e. The summed E-state index contributed by atoms with van der Waals surface area (Å²) in [7, 11) is -3.43. The van der Waals surface area contributed by atoms with Gasteiger partial charge in [0.25, 0.3) is 0 Å². The zero-order valence-electron chi connectivity index (χ0n) is 16.7. The van der Waals surface area contributed by atoms with Crippen molar-refractivity contribution in [3.05, 3.63) is 52.8 Å². The fourth-order valence-corrected chi connectivity index (χ4v) is 4.11. The van der Waals surface area contributed by atoms with E-state index in [1.807, 2.05) is 6.07 Å². The van der Waals surface area contributed by atoms with Crippen LogP contribution in [0.1, 0.15) is 0 Å². The van der Waals surface area contributed by atoms with Gasteiger partial charge in [0.1, 0.15) is 0 Å². The van der Waals surface area contributed by atoms with Crippen LogP contribution in [-0.4, -0.2) is 64.0 Å². The first kappa shape index (κ1) is 20.5. The predicted molar refractivity (Wildman–Crippen MR) is 120 cm³/mol. The number of morpholine rings is 1. The molecule has 2 N–H and O–H groups in total. The number of hydrogen-bond acceptors (Lipinski definition) is 7. The van der Waals surface area contributed by atoms with Gasteiger partial charge in [0, 0.05) is 37.3 Å². The monoisotopic (exact) mass is 428 g/mol. The topological polar surface area (TPSA) is 101 Å². The average Bonchev–Trinajstić information content (AvgIpc) is 2.85. The maximum absolute atomic E-state index is 13.2. The highest BCUT2D eigenvalue weighted by Crippen LogP contribution is 2.20. The van der Waals surface area contributed by atoms with E-state index in [2.05, 4.69) is 19.9 Å². The van der Waals surface area contributed by atoms with Crippen LogP contribution in [0.15, 0.2) is 47.4 Å². The lowest BCUT2D eigenvalue weighted by Gasteiger charge is -2.26. The Morgan fingerprint density at radius 3 is 2.57 bits per heavy atom. The standard InChI is InChI=1S/C21H24N4O4S/c1-30(27,28)24-16-4-2-15-3-5-20-19(21(26)18(15)12-16)13-17(14-23-20)22-6-7-25-8-10-29-11-9-25/h2-5,12-14,22,24H,6-11H2,1H3. The highest BCUT2D eigenvalue weighted by molar-refractivity contribution is 7.92. The first-order chi connectivity index (χ1) is 14.4. The summed E-state index contributed by atoms with van der Waals surface area (Å²) in [4.78, 5) is 20.0. The molecular formula is C21H24N4O4S. The predicted octanol–water partition coefficient (Wildman–Crippen LogP) is 1.86. The summed E-state index contributed by atoms with van der Waals surface area (Å²) in [6.45, 7) is 5.00. The largest absolute Gasteiger partial charge is 0.382 e. The van der Waals surface area contributed by atoms with Crippen LogP contribution in [0.25, 0.3) is 21.7 Å². The summed E-state index contributed by atoms with van der Waals surface area (Å²) in [6, 6.07) is 10.4. The van der Waals surface area contributed by atoms with Crippen molar-refractivity contribution in [2.75, 3.05) is 55.7 Å². The Labute approximate surface area is 174 Å². The van der Waals surface area contributed by atoms with Crippen molar-refractivity contribution >= 4 is 43.1 Å². The summed E-state index contributed by atoms with van der Waals surface area (Å²) in [5.74, 6) is 0. The van der Waals surface area contributed by atoms with Crippen LogP contribution < -0.4 is 15.5 Å². The van der Waals surface area contributed by atoms with Crippen LogP contribution in [0.5, 0.6) is 0 Å². The van der Waals surface area contributed by atoms with Crippen molar-refractivity contribution in [1.82, 2.24) is 9.88 Å². The van der Waals surface area contributed by atoms with Crippen LogP contribution >= 0.6 is 0 Å². The molecule has 0 saturated carbocycles. The molecule has 0 radical (unpaired) electrons. The maximum atomic E-state index is 13.2. The lowest BCUT2D eigenvalue weighted by Crippen LogP contribution is -2.39. The summed E-state index contributed by atoms with van der Waals surface area (Å²) >= 11 is 0. The second kappa shape index (κ2) is 8.55. The van der Waals surface area contributed by atoms with E-state index in [1.54, 1.807) is 36.5 Å². The van der Waals surface area contributed by atoms with Gasteiger partial charge < -0.3 is 10.1 Å². The number of aromatic nitrogens is 1. The Morgan fingerprint density at radius 2 is 1.80 bits per heavy atom. The summed E-state index contributed by atoms with van der Waals surface area (Å²) in [6.07, 6.45) is 2.80. The molecule has 2 heterocycles. The van der Waals surface area contributed by atoms with E-state index in [9.17, 15) is 13.2 Å². The van der Waals surface area contributed by atoms with E-state index in [0.717, 1.165) is 56.7 Å². The third kappa shape index (κ3) is 4.86. The quantitative estimate of drug-likeness (QED) is 0.618. The molecule has 0 amide bonds. The van der Waals surface area contributed by atoms with Gasteiger partial charge in [-0.3, -0.25) is 19.4 Å². The second-order valence-electron chi connectivity index (χ2n) is 7.38. The molecule has 0 atom stereocenters. The zero-order chi connectivity index (χ0) is 21.1. The number of nitrogens with zero attached hydrogens (tertiary/aromatic N) is 2. The number of ether oxygens (including phenoxy) is 1. The zero-order valence-corrected chi connectivity index (χ0v) is 17.5. The van der Waals surface area contributed by atoms with E-state index in [0.29, 0.717) is 22.0 Å². The van der Waals surface area contributed by atoms with Crippen LogP contribution in [0, 0.1) is 0 Å². The number of pyridine rings is 1. The fraction of sp³-hybridized carbons (Fsp3) is 0.333. The van der Waals surface area contributed by atoms with Crippen molar-refractivity contribution in [2.24, 2.45) is 0 Å². The van der Waals surface area contributed by atoms with Gasteiger partial charge in [0.05, 0.1) is 42.3 Å². The molecular weight excluding hydrogens is 404 g/mol. The molecule has 3 aromatic rings. The molecule has 0 aliphatic carbocycles. The second-order valence-corrected chi connectivity index (χ2v) is 9.12. The van der Waals surface area contributed by atoms with E-state index in [1.165, 1.54) is 0 Å². The van der Waals surface area contributed by atoms with Crippen LogP contribution in [0.4, 0.5) is 11.4 Å². The Hall–Kier alpha value is -2.75. The number of sulfonamides is 1. The van der Waals surface area contributed by atoms with Gasteiger partial charge in [-0.1, -0.05) is 12.1 Å². The number of benzene rings is 1. The van der Waals surface area contributed by atoms with Gasteiger partial charge in [0.15, 0.2) is 5.43 Å². The first-order valence-electron chi connectivity index (χ1n) is 9.78. The molecule has 2 aromatic carbocycles. The summed E-state index contributed by atoms with van der Waals surface area (Å²) in [5.41, 5.74) is 1.53. The van der Waals surface area contributed by atoms with Crippen LogP contribution in [0.3, 0.4) is 0 Å². The minimum absolute atomic E-state index is 0.188. The number of hydrogen-bond donors (Lipinski definition) is 2. The normalized spacial score (nSPS) is 15.4. The molecule has 1 fully saturated rings. The summed E-state index contributed by atoms with van der Waals surface area (Å²) < 4.78 is 30.9. The third-order valence-electron chi connectivity index (χ3n) is 5.05. The van der Waals surface area contributed by atoms with Crippen molar-refractivity contribution in [1.29, 1.82) is 0 Å². The molecule has 1 aliphatic rings. The van der Waals surface area contributed by atoms with Crippen LogP contribution in [-0.2, 0) is 14.8 Å². The van der Waals surface area contributed by atoms with Crippen molar-refractivity contribution in [3.8, 4) is 0 Å². The maximum Gasteiger partial charge on any atom is 0.229 e. The Kier molecular flexibility index (Phi) is 5.85. The van der Waals surface area contributed by atoms with E-state index >= 15 is 0 Å². The van der Waals surface area contributed by atoms with Gasteiger partial charge >= 0.3 is 0 Å². The molecule has 0 unspecified atom stereocenters. The first-order valence-corrected chi connectivity index (χ1v) is 11.7. The van der Waals surface area contributed by atoms with Gasteiger partial charge in [-0.25, -0.2) is 8.42 Å². The highest BCUT2D eigenvalue weighted by atomic mass is 32.2. The van der Waals surface area contributed by atoms with Gasteiger partial charge in [-0.15, -0.1) is 0 Å². The molecule has 9 heteroatoms. The molecule has 0 bridgehead atoms. The van der Waals surface area contributed by atoms with Crippen LogP contribution in [0.2, 0.25) is 0 Å². The molecule has 1 aromatic heterocycles. The SMILES string of the molecule is CS(=O)(=O)Nc1ccc2ccc3ncc(NCCN4CCOCC4)cc3c(=O)c2c1. The third-order valence-corrected chi connectivity index (χ3v) is 5.65. The lowest BCUT2D eigenvalue weighted by atomic mass is 10.1. The van der Waals surface area contributed by atoms with Crippen molar-refractivity contribution in [3.63, 3.8) is 0 Å². The minimum Gasteiger partial charge on any atom is -0.382 e. The van der Waals surface area contributed by atoms with Gasteiger partial charge in [-0.05, 0) is 29.7 Å². The molecule has 1 aliphatic heterocycles. The Morgan fingerprint density at radius 1 is 1.07 bits per heavy atom. The summed E-state index contributed by atoms with van der Waals surface area (Å²) in [5, 5.41) is 4.98. The molecule has 158 valence electrons. The number of rotatable bonds is 6. The number of anilines is 2. The highest BCUT2D eigenvalue weighted by Gasteiger charge is 2.10. The Balaban J connectivity index is 1.64. The lowest BCUT2D eigenvalue weighted by molar-refractivity contribution is 0.0398. The average molecular weight is 429 g/mol. The Bertz CT molecular complexity index is 1240. The molecule has 1 saturated heterocycles. The minimum atomic E-state index is -3.43. The van der Waals surface area contributed by atoms with Crippen molar-refractivity contribution < 1.29 is 13.2 Å². The fourth-order valence-electron chi connectivity index (χ4n) is 3.56.